The SMILES string of the molecule is CC(=O)Nc1ncc(CN2CCC(Cc3cc4cccnc4n3C)C2)s1. The number of fused-ring (bicyclic) bond motifs is 1. The van der Waals surface area contributed by atoms with Gasteiger partial charge in [-0.05, 0) is 43.5 Å². The Bertz CT molecular complexity index is 931. The minimum Gasteiger partial charge on any atom is -0.333 e. The number of carbonyl (C=O) groups excluding carboxylic acids is 1. The van der Waals surface area contributed by atoms with Gasteiger partial charge < -0.3 is 9.88 Å². The average molecular weight is 369 g/mol. The lowest BCUT2D eigenvalue weighted by atomic mass is 10.0. The van der Waals surface area contributed by atoms with Gasteiger partial charge in [-0.2, -0.15) is 0 Å². The molecule has 4 heterocycles. The lowest BCUT2D eigenvalue weighted by Gasteiger charge is -2.15. The number of pyridine rings is 1. The van der Waals surface area contributed by atoms with E-state index in [4.69, 9.17) is 0 Å². The summed E-state index contributed by atoms with van der Waals surface area (Å²) in [4.78, 5) is 23.6. The molecule has 0 radical (unpaired) electrons. The second kappa shape index (κ2) is 7.17. The molecule has 26 heavy (non-hydrogen) atoms. The monoisotopic (exact) mass is 369 g/mol. The van der Waals surface area contributed by atoms with Crippen molar-refractivity contribution in [2.75, 3.05) is 18.4 Å². The summed E-state index contributed by atoms with van der Waals surface area (Å²) in [7, 11) is 2.11. The molecule has 1 unspecified atom stereocenters. The summed E-state index contributed by atoms with van der Waals surface area (Å²) in [6, 6.07) is 6.39. The van der Waals surface area contributed by atoms with Crippen molar-refractivity contribution in [2.45, 2.75) is 26.3 Å². The van der Waals surface area contributed by atoms with Gasteiger partial charge in [-0.1, -0.05) is 0 Å². The molecule has 0 aromatic carbocycles. The van der Waals surface area contributed by atoms with Gasteiger partial charge in [0.2, 0.25) is 5.91 Å². The molecule has 4 rings (SSSR count). The van der Waals surface area contributed by atoms with Crippen molar-refractivity contribution < 1.29 is 4.79 Å². The highest BCUT2D eigenvalue weighted by atomic mass is 32.1. The molecule has 1 atom stereocenters. The first-order chi connectivity index (χ1) is 12.6. The molecule has 1 amide bonds. The van der Waals surface area contributed by atoms with Crippen LogP contribution in [0.2, 0.25) is 0 Å². The second-order valence-electron chi connectivity index (χ2n) is 7.02. The minimum atomic E-state index is -0.0726. The van der Waals surface area contributed by atoms with Crippen molar-refractivity contribution in [3.63, 3.8) is 0 Å². The van der Waals surface area contributed by atoms with Crippen molar-refractivity contribution in [2.24, 2.45) is 13.0 Å². The van der Waals surface area contributed by atoms with E-state index in [1.54, 1.807) is 11.3 Å². The fourth-order valence-electron chi connectivity index (χ4n) is 3.74. The van der Waals surface area contributed by atoms with Crippen LogP contribution in [0.3, 0.4) is 0 Å². The average Bonchev–Trinajstić information content (AvgIpc) is 3.30. The highest BCUT2D eigenvalue weighted by Crippen LogP contribution is 2.27. The molecule has 1 saturated heterocycles. The van der Waals surface area contributed by atoms with E-state index in [0.29, 0.717) is 11.0 Å². The van der Waals surface area contributed by atoms with E-state index in [1.165, 1.54) is 29.3 Å². The maximum atomic E-state index is 11.1. The smallest absolute Gasteiger partial charge is 0.223 e. The topological polar surface area (TPSA) is 63.1 Å². The molecule has 0 saturated carbocycles. The van der Waals surface area contributed by atoms with Crippen LogP contribution in [0.15, 0.2) is 30.6 Å². The standard InChI is InChI=1S/C19H23N5OS/c1-13(25)22-19-21-10-17(26-19)12-24-7-5-14(11-24)8-16-9-15-4-3-6-20-18(15)23(16)2/h3-4,6,9-10,14H,5,7-8,11-12H2,1-2H3,(H,21,22,25). The minimum absolute atomic E-state index is 0.0726. The number of hydrogen-bond acceptors (Lipinski definition) is 5. The first kappa shape index (κ1) is 17.2. The molecule has 7 heteroatoms. The van der Waals surface area contributed by atoms with Crippen LogP contribution in [0.25, 0.3) is 11.0 Å². The number of thiazole rings is 1. The van der Waals surface area contributed by atoms with Crippen LogP contribution >= 0.6 is 11.3 Å². The van der Waals surface area contributed by atoms with Gasteiger partial charge >= 0.3 is 0 Å². The van der Waals surface area contributed by atoms with E-state index < -0.39 is 0 Å². The summed E-state index contributed by atoms with van der Waals surface area (Å²) in [6.45, 7) is 4.63. The van der Waals surface area contributed by atoms with Crippen molar-refractivity contribution in [3.05, 3.63) is 41.2 Å². The summed E-state index contributed by atoms with van der Waals surface area (Å²) in [5.41, 5.74) is 2.42. The second-order valence-corrected chi connectivity index (χ2v) is 8.13. The fraction of sp³-hybridized carbons (Fsp3) is 0.421. The maximum Gasteiger partial charge on any atom is 0.223 e. The van der Waals surface area contributed by atoms with Gasteiger partial charge in [-0.3, -0.25) is 9.69 Å². The van der Waals surface area contributed by atoms with Gasteiger partial charge in [0.05, 0.1) is 0 Å². The Kier molecular flexibility index (Phi) is 4.74. The molecule has 1 N–H and O–H groups in total. The molecule has 1 aliphatic rings. The summed E-state index contributed by atoms with van der Waals surface area (Å²) >= 11 is 1.56. The number of amides is 1. The largest absolute Gasteiger partial charge is 0.333 e. The summed E-state index contributed by atoms with van der Waals surface area (Å²) in [6.07, 6.45) is 6.03. The van der Waals surface area contributed by atoms with Gasteiger partial charge in [0.15, 0.2) is 5.13 Å². The molecule has 3 aromatic heterocycles. The molecule has 1 aliphatic heterocycles. The zero-order chi connectivity index (χ0) is 18.1. The number of likely N-dealkylation sites (tertiary alicyclic amines) is 1. The summed E-state index contributed by atoms with van der Waals surface area (Å²) in [5, 5.41) is 4.66. The Balaban J connectivity index is 1.36. The Morgan fingerprint density at radius 3 is 3.12 bits per heavy atom. The number of hydrogen-bond donors (Lipinski definition) is 1. The lowest BCUT2D eigenvalue weighted by molar-refractivity contribution is -0.114. The molecule has 0 spiro atoms. The molecule has 3 aromatic rings. The molecule has 6 nitrogen and oxygen atoms in total. The maximum absolute atomic E-state index is 11.1. The zero-order valence-corrected chi connectivity index (χ0v) is 15.9. The van der Waals surface area contributed by atoms with Gasteiger partial charge in [-0.15, -0.1) is 11.3 Å². The van der Waals surface area contributed by atoms with Crippen LogP contribution in [-0.4, -0.2) is 38.4 Å². The number of nitrogens with zero attached hydrogens (tertiary/aromatic N) is 4. The molecule has 0 bridgehead atoms. The first-order valence-corrected chi connectivity index (χ1v) is 9.74. The number of nitrogens with one attached hydrogen (secondary N) is 1. The van der Waals surface area contributed by atoms with E-state index in [-0.39, 0.29) is 5.91 Å². The number of rotatable bonds is 5. The molecular weight excluding hydrogens is 346 g/mol. The van der Waals surface area contributed by atoms with E-state index in [2.05, 4.69) is 43.9 Å². The van der Waals surface area contributed by atoms with Gasteiger partial charge in [0.1, 0.15) is 5.65 Å². The zero-order valence-electron chi connectivity index (χ0n) is 15.1. The van der Waals surface area contributed by atoms with Crippen LogP contribution in [0.5, 0.6) is 0 Å². The number of anilines is 1. The Hall–Kier alpha value is -2.25. The normalized spacial score (nSPS) is 17.8. The predicted molar refractivity (Wildman–Crippen MR) is 104 cm³/mol. The highest BCUT2D eigenvalue weighted by molar-refractivity contribution is 7.15. The van der Waals surface area contributed by atoms with Gasteiger partial charge in [-0.25, -0.2) is 9.97 Å². The van der Waals surface area contributed by atoms with E-state index >= 15 is 0 Å². The fourth-order valence-corrected chi connectivity index (χ4v) is 4.64. The van der Waals surface area contributed by atoms with Crippen molar-refractivity contribution in [1.29, 1.82) is 0 Å². The van der Waals surface area contributed by atoms with Crippen molar-refractivity contribution >= 4 is 33.4 Å². The number of aryl methyl sites for hydroxylation is 1. The number of aromatic nitrogens is 3. The third-order valence-electron chi connectivity index (χ3n) is 4.97. The van der Waals surface area contributed by atoms with Crippen molar-refractivity contribution in [1.82, 2.24) is 19.4 Å². The van der Waals surface area contributed by atoms with Gasteiger partial charge in [0, 0.05) is 55.4 Å². The number of carbonyl (C=O) groups is 1. The Morgan fingerprint density at radius 2 is 2.31 bits per heavy atom. The van der Waals surface area contributed by atoms with E-state index in [1.807, 2.05) is 18.5 Å². The molecule has 136 valence electrons. The molecular formula is C19H23N5OS. The van der Waals surface area contributed by atoms with Crippen molar-refractivity contribution in [3.8, 4) is 0 Å². The summed E-state index contributed by atoms with van der Waals surface area (Å²) < 4.78 is 2.22. The quantitative estimate of drug-likeness (QED) is 0.751. The Morgan fingerprint density at radius 1 is 1.42 bits per heavy atom. The third kappa shape index (κ3) is 3.64. The van der Waals surface area contributed by atoms with Crippen LogP contribution in [0.1, 0.15) is 23.9 Å². The van der Waals surface area contributed by atoms with Crippen LogP contribution in [0.4, 0.5) is 5.13 Å². The lowest BCUT2D eigenvalue weighted by Crippen LogP contribution is -2.20. The van der Waals surface area contributed by atoms with Gasteiger partial charge in [0.25, 0.3) is 0 Å². The van der Waals surface area contributed by atoms with E-state index in [9.17, 15) is 4.79 Å². The first-order valence-electron chi connectivity index (χ1n) is 8.92. The highest BCUT2D eigenvalue weighted by Gasteiger charge is 2.24. The molecule has 1 fully saturated rings. The molecule has 0 aliphatic carbocycles. The summed E-state index contributed by atoms with van der Waals surface area (Å²) in [5.74, 6) is 0.595. The Labute approximate surface area is 156 Å². The third-order valence-corrected chi connectivity index (χ3v) is 5.87. The van der Waals surface area contributed by atoms with Crippen LogP contribution in [-0.2, 0) is 24.8 Å². The van der Waals surface area contributed by atoms with Crippen LogP contribution in [0, 0.1) is 5.92 Å². The van der Waals surface area contributed by atoms with E-state index in [0.717, 1.165) is 31.7 Å². The van der Waals surface area contributed by atoms with Crippen LogP contribution < -0.4 is 5.32 Å². The predicted octanol–water partition coefficient (Wildman–Crippen LogP) is 3.05.